The molecule has 2 aliphatic heterocycles. The molecule has 3 heterocycles. The third-order valence-corrected chi connectivity index (χ3v) is 7.75. The molecule has 0 spiro atoms. The van der Waals surface area contributed by atoms with Crippen molar-refractivity contribution in [1.29, 1.82) is 0 Å². The first-order valence-electron chi connectivity index (χ1n) is 11.4. The largest absolute Gasteiger partial charge is 0.339 e. The molecule has 2 aromatic rings. The maximum Gasteiger partial charge on any atom is 0.239 e. The number of nitrogens with zero attached hydrogens (tertiary/aromatic N) is 3. The van der Waals surface area contributed by atoms with Gasteiger partial charge in [-0.2, -0.15) is 0 Å². The highest BCUT2D eigenvalue weighted by molar-refractivity contribution is 7.10. The van der Waals surface area contributed by atoms with Crippen molar-refractivity contribution in [3.8, 4) is 0 Å². The van der Waals surface area contributed by atoms with Crippen molar-refractivity contribution < 1.29 is 9.59 Å². The number of hydrogen-bond donors (Lipinski definition) is 0. The number of hydrogen-bond acceptors (Lipinski definition) is 4. The van der Waals surface area contributed by atoms with Gasteiger partial charge >= 0.3 is 0 Å². The molecule has 2 aliphatic rings. The summed E-state index contributed by atoms with van der Waals surface area (Å²) in [4.78, 5) is 33.4. The van der Waals surface area contributed by atoms with E-state index in [0.29, 0.717) is 32.6 Å². The van der Waals surface area contributed by atoms with Crippen molar-refractivity contribution in [2.24, 2.45) is 0 Å². The average Bonchev–Trinajstić information content (AvgIpc) is 3.27. The van der Waals surface area contributed by atoms with Crippen LogP contribution >= 0.6 is 11.3 Å². The third kappa shape index (κ3) is 4.41. The quantitative estimate of drug-likeness (QED) is 0.711. The van der Waals surface area contributed by atoms with E-state index in [1.54, 1.807) is 0 Å². The van der Waals surface area contributed by atoms with E-state index in [1.807, 2.05) is 28.1 Å². The predicted octanol–water partition coefficient (Wildman–Crippen LogP) is 3.86. The van der Waals surface area contributed by atoms with Crippen LogP contribution in [0.2, 0.25) is 0 Å². The first-order chi connectivity index (χ1) is 15.0. The molecule has 0 bridgehead atoms. The van der Waals surface area contributed by atoms with E-state index in [9.17, 15) is 9.59 Å². The minimum atomic E-state index is -0.199. The number of aryl methyl sites for hydroxylation is 1. The summed E-state index contributed by atoms with van der Waals surface area (Å²) in [6, 6.07) is 10.7. The average molecular weight is 440 g/mol. The first-order valence-corrected chi connectivity index (χ1v) is 12.3. The van der Waals surface area contributed by atoms with Gasteiger partial charge in [0.2, 0.25) is 11.8 Å². The number of benzene rings is 1. The fraction of sp³-hybridized carbons (Fsp3) is 0.520. The second-order valence-electron chi connectivity index (χ2n) is 8.68. The number of carbonyl (C=O) groups excluding carboxylic acids is 2. The maximum absolute atomic E-state index is 13.5. The van der Waals surface area contributed by atoms with Gasteiger partial charge in [-0.1, -0.05) is 31.2 Å². The zero-order valence-electron chi connectivity index (χ0n) is 18.8. The summed E-state index contributed by atoms with van der Waals surface area (Å²) in [6.45, 7) is 9.68. The summed E-state index contributed by atoms with van der Waals surface area (Å²) in [5.74, 6) is 0.392. The lowest BCUT2D eigenvalue weighted by molar-refractivity contribution is -0.143. The summed E-state index contributed by atoms with van der Waals surface area (Å²) >= 11 is 1.83. The monoisotopic (exact) mass is 439 g/mol. The van der Waals surface area contributed by atoms with Gasteiger partial charge in [-0.25, -0.2) is 0 Å². The van der Waals surface area contributed by atoms with E-state index in [4.69, 9.17) is 0 Å². The van der Waals surface area contributed by atoms with Crippen LogP contribution < -0.4 is 0 Å². The summed E-state index contributed by atoms with van der Waals surface area (Å²) in [5.41, 5.74) is 3.90. The Kier molecular flexibility index (Phi) is 6.77. The smallest absolute Gasteiger partial charge is 0.239 e. The second-order valence-corrected chi connectivity index (χ2v) is 9.68. The molecule has 0 N–H and O–H groups in total. The lowest BCUT2D eigenvalue weighted by atomic mass is 9.89. The van der Waals surface area contributed by atoms with Gasteiger partial charge in [0.15, 0.2) is 0 Å². The van der Waals surface area contributed by atoms with Crippen LogP contribution in [0.5, 0.6) is 0 Å². The summed E-state index contributed by atoms with van der Waals surface area (Å²) < 4.78 is 0. The number of thiophene rings is 1. The lowest BCUT2D eigenvalue weighted by Crippen LogP contribution is -2.56. The molecule has 6 heteroatoms. The Morgan fingerprint density at radius 1 is 1.03 bits per heavy atom. The van der Waals surface area contributed by atoms with E-state index in [-0.39, 0.29) is 23.9 Å². The van der Waals surface area contributed by atoms with Crippen LogP contribution in [0.3, 0.4) is 0 Å². The summed E-state index contributed by atoms with van der Waals surface area (Å²) in [5, 5.41) is 2.18. The molecule has 2 atom stereocenters. The van der Waals surface area contributed by atoms with E-state index < -0.39 is 0 Å². The van der Waals surface area contributed by atoms with Crippen molar-refractivity contribution >= 4 is 23.2 Å². The molecule has 31 heavy (non-hydrogen) atoms. The molecule has 0 saturated carbocycles. The zero-order valence-corrected chi connectivity index (χ0v) is 19.7. The molecule has 1 aromatic heterocycles. The molecular formula is C25H33N3O2S. The lowest BCUT2D eigenvalue weighted by Gasteiger charge is -2.43. The topological polar surface area (TPSA) is 43.9 Å². The van der Waals surface area contributed by atoms with Crippen LogP contribution in [0, 0.1) is 6.92 Å². The first kappa shape index (κ1) is 22.0. The van der Waals surface area contributed by atoms with Crippen LogP contribution in [0.15, 0.2) is 35.7 Å². The number of fused-ring (bicyclic) bond motifs is 1. The molecule has 0 radical (unpaired) electrons. The van der Waals surface area contributed by atoms with Gasteiger partial charge in [0, 0.05) is 44.0 Å². The van der Waals surface area contributed by atoms with Crippen LogP contribution in [0.4, 0.5) is 0 Å². The normalized spacial score (nSPS) is 20.4. The van der Waals surface area contributed by atoms with Crippen molar-refractivity contribution in [3.63, 3.8) is 0 Å². The molecule has 166 valence electrons. The molecule has 1 aromatic carbocycles. The highest BCUT2D eigenvalue weighted by atomic mass is 32.1. The summed E-state index contributed by atoms with van der Waals surface area (Å²) in [7, 11) is 0. The Labute approximate surface area is 189 Å². The third-order valence-electron chi connectivity index (χ3n) is 6.75. The van der Waals surface area contributed by atoms with Gasteiger partial charge in [0.05, 0.1) is 12.1 Å². The van der Waals surface area contributed by atoms with E-state index >= 15 is 0 Å². The second kappa shape index (κ2) is 9.53. The molecule has 5 nitrogen and oxygen atoms in total. The Hall–Kier alpha value is -2.18. The number of piperazine rings is 1. The minimum absolute atomic E-state index is 0.113. The van der Waals surface area contributed by atoms with Gasteiger partial charge in [-0.05, 0) is 54.8 Å². The van der Waals surface area contributed by atoms with Crippen LogP contribution in [0.1, 0.15) is 54.3 Å². The van der Waals surface area contributed by atoms with E-state index in [2.05, 4.69) is 54.5 Å². The molecule has 0 aliphatic carbocycles. The Balaban J connectivity index is 1.52. The number of amides is 2. The van der Waals surface area contributed by atoms with Crippen molar-refractivity contribution in [1.82, 2.24) is 14.7 Å². The van der Waals surface area contributed by atoms with Crippen molar-refractivity contribution in [2.45, 2.75) is 52.1 Å². The highest BCUT2D eigenvalue weighted by Gasteiger charge is 2.37. The Morgan fingerprint density at radius 2 is 1.74 bits per heavy atom. The van der Waals surface area contributed by atoms with Gasteiger partial charge in [0.25, 0.3) is 0 Å². The number of rotatable bonds is 5. The Morgan fingerprint density at radius 3 is 2.45 bits per heavy atom. The molecule has 2 amide bonds. The predicted molar refractivity (Wildman–Crippen MR) is 125 cm³/mol. The Bertz CT molecular complexity index is 932. The van der Waals surface area contributed by atoms with Gasteiger partial charge in [-0.3, -0.25) is 14.5 Å². The molecule has 4 rings (SSSR count). The van der Waals surface area contributed by atoms with Gasteiger partial charge in [-0.15, -0.1) is 11.3 Å². The van der Waals surface area contributed by atoms with Crippen molar-refractivity contribution in [2.75, 3.05) is 32.7 Å². The summed E-state index contributed by atoms with van der Waals surface area (Å²) in [6.07, 6.45) is 2.46. The fourth-order valence-electron chi connectivity index (χ4n) is 4.95. The van der Waals surface area contributed by atoms with E-state index in [0.717, 1.165) is 19.4 Å². The molecule has 1 saturated heterocycles. The highest BCUT2D eigenvalue weighted by Crippen LogP contribution is 2.40. The SMILES string of the molecule is CCCC(=O)N1CCN(C(=O)[C@H](C)N2CCc3sccc3[C@H]2c2ccccc2C)CC1. The molecular weight excluding hydrogens is 406 g/mol. The fourth-order valence-corrected chi connectivity index (χ4v) is 5.85. The van der Waals surface area contributed by atoms with E-state index in [1.165, 1.54) is 21.6 Å². The minimum Gasteiger partial charge on any atom is -0.339 e. The maximum atomic E-state index is 13.5. The van der Waals surface area contributed by atoms with Gasteiger partial charge < -0.3 is 9.80 Å². The van der Waals surface area contributed by atoms with Gasteiger partial charge in [0.1, 0.15) is 0 Å². The van der Waals surface area contributed by atoms with Crippen LogP contribution in [-0.2, 0) is 16.0 Å². The van der Waals surface area contributed by atoms with Crippen LogP contribution in [0.25, 0.3) is 0 Å². The standard InChI is InChI=1S/C25H33N3O2S/c1-4-7-23(29)26-13-15-27(16-14-26)25(30)19(3)28-12-10-22-21(11-17-31-22)24(28)20-9-6-5-8-18(20)2/h5-6,8-9,11,17,19,24H,4,7,10,12-16H2,1-3H3/t19-,24+/m0/s1. The zero-order chi connectivity index (χ0) is 22.0. The molecule has 1 fully saturated rings. The number of carbonyl (C=O) groups is 2. The molecule has 0 unspecified atom stereocenters. The van der Waals surface area contributed by atoms with Crippen LogP contribution in [-0.4, -0.2) is 65.3 Å². The van der Waals surface area contributed by atoms with Crippen molar-refractivity contribution in [3.05, 3.63) is 57.3 Å².